The predicted octanol–water partition coefficient (Wildman–Crippen LogP) is 6.44. The molecule has 1 atom stereocenters. The predicted molar refractivity (Wildman–Crippen MR) is 83.4 cm³/mol. The Balaban J connectivity index is 2.44. The van der Waals surface area contributed by atoms with Crippen LogP contribution in [0.1, 0.15) is 21.5 Å². The molecule has 0 bridgehead atoms. The van der Waals surface area contributed by atoms with Crippen LogP contribution in [-0.2, 0) is 0 Å². The largest absolute Gasteiger partial charge is 0.0843 e. The van der Waals surface area contributed by atoms with E-state index in [4.69, 9.17) is 34.8 Å². The van der Waals surface area contributed by atoms with E-state index in [0.29, 0.717) is 10.0 Å². The van der Waals surface area contributed by atoms with E-state index in [0.717, 1.165) is 21.7 Å². The SMILES string of the molecule is Cc1ccc(C(Br)c2ccc(Cl)cc2Cl)c(Cl)c1. The first-order valence-corrected chi connectivity index (χ1v) is 7.39. The maximum absolute atomic E-state index is 6.26. The van der Waals surface area contributed by atoms with Gasteiger partial charge < -0.3 is 0 Å². The average molecular weight is 364 g/mol. The zero-order valence-corrected chi connectivity index (χ0v) is 13.4. The molecule has 0 aliphatic rings. The molecule has 0 aromatic heterocycles. The van der Waals surface area contributed by atoms with Crippen molar-refractivity contribution < 1.29 is 0 Å². The second-order valence-corrected chi connectivity index (χ2v) is 6.22. The standard InChI is InChI=1S/C14H10BrCl3/c1-8-2-4-10(12(17)6-8)14(15)11-5-3-9(16)7-13(11)18/h2-7,14H,1H3. The Morgan fingerprint density at radius 3 is 2.00 bits per heavy atom. The van der Waals surface area contributed by atoms with Crippen molar-refractivity contribution in [2.45, 2.75) is 11.8 Å². The first-order valence-electron chi connectivity index (χ1n) is 5.34. The van der Waals surface area contributed by atoms with E-state index in [1.807, 2.05) is 37.3 Å². The molecule has 0 aliphatic heterocycles. The highest BCUT2D eigenvalue weighted by atomic mass is 79.9. The third-order valence-corrected chi connectivity index (χ3v) is 4.54. The van der Waals surface area contributed by atoms with Crippen LogP contribution in [0.15, 0.2) is 36.4 Å². The van der Waals surface area contributed by atoms with Gasteiger partial charge in [0.1, 0.15) is 0 Å². The number of halogens is 4. The Hall–Kier alpha value is -0.210. The van der Waals surface area contributed by atoms with Crippen LogP contribution >= 0.6 is 50.7 Å². The molecule has 2 aromatic carbocycles. The molecule has 18 heavy (non-hydrogen) atoms. The zero-order valence-electron chi connectivity index (χ0n) is 9.55. The molecule has 0 nitrogen and oxygen atoms in total. The summed E-state index contributed by atoms with van der Waals surface area (Å²) in [6.45, 7) is 2.01. The summed E-state index contributed by atoms with van der Waals surface area (Å²) in [6, 6.07) is 11.4. The fraction of sp³-hybridized carbons (Fsp3) is 0.143. The molecule has 0 saturated carbocycles. The van der Waals surface area contributed by atoms with Crippen molar-refractivity contribution in [1.82, 2.24) is 0 Å². The Bertz CT molecular complexity index is 530. The van der Waals surface area contributed by atoms with Crippen LogP contribution in [0.3, 0.4) is 0 Å². The van der Waals surface area contributed by atoms with Crippen LogP contribution in [0.5, 0.6) is 0 Å². The quantitative estimate of drug-likeness (QED) is 0.538. The molecular weight excluding hydrogens is 354 g/mol. The van der Waals surface area contributed by atoms with Gasteiger partial charge in [0, 0.05) is 15.1 Å². The van der Waals surface area contributed by atoms with Gasteiger partial charge in [-0.1, -0.05) is 68.9 Å². The molecule has 1 unspecified atom stereocenters. The zero-order chi connectivity index (χ0) is 13.3. The molecule has 0 N–H and O–H groups in total. The topological polar surface area (TPSA) is 0 Å². The molecule has 4 heteroatoms. The van der Waals surface area contributed by atoms with E-state index >= 15 is 0 Å². The number of rotatable bonds is 2. The van der Waals surface area contributed by atoms with Gasteiger partial charge in [0.25, 0.3) is 0 Å². The molecule has 0 fully saturated rings. The summed E-state index contributed by atoms with van der Waals surface area (Å²) < 4.78 is 0. The third kappa shape index (κ3) is 3.03. The van der Waals surface area contributed by atoms with Crippen LogP contribution in [0.25, 0.3) is 0 Å². The molecule has 2 aromatic rings. The number of aryl methyl sites for hydroxylation is 1. The van der Waals surface area contributed by atoms with E-state index in [-0.39, 0.29) is 4.83 Å². The summed E-state index contributed by atoms with van der Waals surface area (Å²) in [5.74, 6) is 0. The number of hydrogen-bond acceptors (Lipinski definition) is 0. The van der Waals surface area contributed by atoms with Gasteiger partial charge in [0.2, 0.25) is 0 Å². The van der Waals surface area contributed by atoms with Gasteiger partial charge in [0.05, 0.1) is 4.83 Å². The molecule has 0 amide bonds. The van der Waals surface area contributed by atoms with Crippen molar-refractivity contribution >= 4 is 50.7 Å². The van der Waals surface area contributed by atoms with Gasteiger partial charge in [-0.2, -0.15) is 0 Å². The fourth-order valence-corrected chi connectivity index (χ4v) is 3.64. The van der Waals surface area contributed by atoms with Crippen LogP contribution in [0, 0.1) is 6.92 Å². The van der Waals surface area contributed by atoms with Crippen molar-refractivity contribution in [2.24, 2.45) is 0 Å². The van der Waals surface area contributed by atoms with Crippen LogP contribution in [0.4, 0.5) is 0 Å². The summed E-state index contributed by atoms with van der Waals surface area (Å²) in [5, 5.41) is 1.97. The summed E-state index contributed by atoms with van der Waals surface area (Å²) in [4.78, 5) is -0.0460. The first kappa shape index (κ1) is 14.2. The summed E-state index contributed by atoms with van der Waals surface area (Å²) in [5.41, 5.74) is 3.07. The highest BCUT2D eigenvalue weighted by Gasteiger charge is 2.16. The van der Waals surface area contributed by atoms with Crippen molar-refractivity contribution in [2.75, 3.05) is 0 Å². The smallest absolute Gasteiger partial charge is 0.0673 e. The summed E-state index contributed by atoms with van der Waals surface area (Å²) in [7, 11) is 0. The fourth-order valence-electron chi connectivity index (χ4n) is 1.71. The molecular formula is C14H10BrCl3. The summed E-state index contributed by atoms with van der Waals surface area (Å²) >= 11 is 22.0. The summed E-state index contributed by atoms with van der Waals surface area (Å²) in [6.07, 6.45) is 0. The van der Waals surface area contributed by atoms with Crippen molar-refractivity contribution in [3.63, 3.8) is 0 Å². The average Bonchev–Trinajstić information content (AvgIpc) is 2.28. The minimum atomic E-state index is -0.0460. The normalized spacial score (nSPS) is 12.5. The van der Waals surface area contributed by atoms with Gasteiger partial charge in [-0.25, -0.2) is 0 Å². The highest BCUT2D eigenvalue weighted by Crippen LogP contribution is 2.39. The lowest BCUT2D eigenvalue weighted by atomic mass is 10.0. The van der Waals surface area contributed by atoms with Gasteiger partial charge in [0.15, 0.2) is 0 Å². The van der Waals surface area contributed by atoms with Gasteiger partial charge in [-0.05, 0) is 41.8 Å². The molecule has 0 heterocycles. The lowest BCUT2D eigenvalue weighted by Crippen LogP contribution is -1.95. The van der Waals surface area contributed by atoms with Crippen LogP contribution < -0.4 is 0 Å². The maximum atomic E-state index is 6.26. The monoisotopic (exact) mass is 362 g/mol. The van der Waals surface area contributed by atoms with Gasteiger partial charge in [-0.15, -0.1) is 0 Å². The van der Waals surface area contributed by atoms with E-state index in [2.05, 4.69) is 15.9 Å². The maximum Gasteiger partial charge on any atom is 0.0673 e. The Labute approximate surface area is 130 Å². The van der Waals surface area contributed by atoms with Crippen LogP contribution in [0.2, 0.25) is 15.1 Å². The number of hydrogen-bond donors (Lipinski definition) is 0. The van der Waals surface area contributed by atoms with E-state index in [1.54, 1.807) is 6.07 Å². The van der Waals surface area contributed by atoms with Crippen molar-refractivity contribution in [3.8, 4) is 0 Å². The molecule has 0 spiro atoms. The lowest BCUT2D eigenvalue weighted by molar-refractivity contribution is 1.17. The highest BCUT2D eigenvalue weighted by molar-refractivity contribution is 9.09. The second-order valence-electron chi connectivity index (χ2n) is 4.05. The first-order chi connectivity index (χ1) is 8.49. The van der Waals surface area contributed by atoms with Crippen molar-refractivity contribution in [1.29, 1.82) is 0 Å². The van der Waals surface area contributed by atoms with E-state index < -0.39 is 0 Å². The number of alkyl halides is 1. The molecule has 2 rings (SSSR count). The van der Waals surface area contributed by atoms with Gasteiger partial charge >= 0.3 is 0 Å². The third-order valence-electron chi connectivity index (χ3n) is 2.66. The van der Waals surface area contributed by atoms with Crippen molar-refractivity contribution in [3.05, 3.63) is 68.2 Å². The van der Waals surface area contributed by atoms with Crippen LogP contribution in [-0.4, -0.2) is 0 Å². The molecule has 0 saturated heterocycles. The van der Waals surface area contributed by atoms with E-state index in [9.17, 15) is 0 Å². The molecule has 94 valence electrons. The number of benzene rings is 2. The Morgan fingerprint density at radius 2 is 1.44 bits per heavy atom. The Morgan fingerprint density at radius 1 is 0.889 bits per heavy atom. The minimum absolute atomic E-state index is 0.0460. The lowest BCUT2D eigenvalue weighted by Gasteiger charge is -2.14. The molecule has 0 radical (unpaired) electrons. The van der Waals surface area contributed by atoms with Gasteiger partial charge in [-0.3, -0.25) is 0 Å². The second kappa shape index (κ2) is 5.83. The Kier molecular flexibility index (Phi) is 4.60. The molecule has 0 aliphatic carbocycles. The minimum Gasteiger partial charge on any atom is -0.0843 e. The van der Waals surface area contributed by atoms with E-state index in [1.165, 1.54) is 0 Å².